The minimum Gasteiger partial charge on any atom is -0.389 e. The van der Waals surface area contributed by atoms with Crippen molar-refractivity contribution in [1.29, 1.82) is 0 Å². The molecule has 0 radical (unpaired) electrons. The molecule has 1 atom stereocenters. The molecular weight excluding hydrogens is 272 g/mol. The lowest BCUT2D eigenvalue weighted by Gasteiger charge is -2.40. The Morgan fingerprint density at radius 3 is 2.90 bits per heavy atom. The monoisotopic (exact) mass is 294 g/mol. The first-order valence-electron chi connectivity index (χ1n) is 7.51. The average Bonchev–Trinajstić information content (AvgIpc) is 2.83. The number of aryl methyl sites for hydroxylation is 1. The molecular formula is C15H22N2O2S. The van der Waals surface area contributed by atoms with Gasteiger partial charge in [-0.2, -0.15) is 0 Å². The van der Waals surface area contributed by atoms with Crippen LogP contribution in [0.25, 0.3) is 0 Å². The van der Waals surface area contributed by atoms with Crippen molar-refractivity contribution in [2.24, 2.45) is 0 Å². The van der Waals surface area contributed by atoms with E-state index < -0.39 is 5.60 Å². The predicted molar refractivity (Wildman–Crippen MR) is 78.6 cm³/mol. The van der Waals surface area contributed by atoms with E-state index in [1.165, 1.54) is 0 Å². The summed E-state index contributed by atoms with van der Waals surface area (Å²) in [6.45, 7) is 2.80. The third-order valence-electron chi connectivity index (χ3n) is 4.51. The number of nitrogens with zero attached hydrogens (tertiary/aromatic N) is 2. The van der Waals surface area contributed by atoms with Crippen LogP contribution in [0.4, 0.5) is 0 Å². The highest BCUT2D eigenvalue weighted by Gasteiger charge is 2.39. The van der Waals surface area contributed by atoms with Crippen LogP contribution in [0.2, 0.25) is 0 Å². The highest BCUT2D eigenvalue weighted by molar-refractivity contribution is 7.09. The summed E-state index contributed by atoms with van der Waals surface area (Å²) in [7, 11) is 0. The smallest absolute Gasteiger partial charge is 0.226 e. The van der Waals surface area contributed by atoms with Gasteiger partial charge in [0.1, 0.15) is 5.01 Å². The number of hydrogen-bond acceptors (Lipinski definition) is 4. The SMILES string of the molecule is Cc1csc(C2CCCCN2C(=O)CC2(O)CCC2)n1. The number of carbonyl (C=O) groups excluding carboxylic acids is 1. The summed E-state index contributed by atoms with van der Waals surface area (Å²) in [6, 6.07) is 0.124. The van der Waals surface area contributed by atoms with E-state index in [2.05, 4.69) is 4.98 Å². The molecule has 20 heavy (non-hydrogen) atoms. The van der Waals surface area contributed by atoms with Gasteiger partial charge in [0.05, 0.1) is 18.1 Å². The van der Waals surface area contributed by atoms with E-state index in [0.29, 0.717) is 0 Å². The van der Waals surface area contributed by atoms with E-state index in [-0.39, 0.29) is 18.4 Å². The van der Waals surface area contributed by atoms with E-state index >= 15 is 0 Å². The Morgan fingerprint density at radius 1 is 1.50 bits per heavy atom. The maximum Gasteiger partial charge on any atom is 0.226 e. The second kappa shape index (κ2) is 5.45. The topological polar surface area (TPSA) is 53.4 Å². The Kier molecular flexibility index (Phi) is 3.82. The van der Waals surface area contributed by atoms with Crippen LogP contribution in [-0.4, -0.2) is 33.0 Å². The standard InChI is InChI=1S/C15H22N2O2S/c1-11-10-20-14(16-11)12-5-2-3-8-17(12)13(18)9-15(19)6-4-7-15/h10,12,19H,2-9H2,1H3. The summed E-state index contributed by atoms with van der Waals surface area (Å²) in [5.74, 6) is 0.102. The van der Waals surface area contributed by atoms with Crippen LogP contribution >= 0.6 is 11.3 Å². The molecule has 0 aromatic carbocycles. The summed E-state index contributed by atoms with van der Waals surface area (Å²) in [5, 5.41) is 13.3. The first-order valence-corrected chi connectivity index (χ1v) is 8.39. The van der Waals surface area contributed by atoms with Gasteiger partial charge in [-0.25, -0.2) is 4.98 Å². The molecule has 0 bridgehead atoms. The van der Waals surface area contributed by atoms with Crippen LogP contribution < -0.4 is 0 Å². The van der Waals surface area contributed by atoms with Crippen molar-refractivity contribution in [3.63, 3.8) is 0 Å². The summed E-state index contributed by atoms with van der Waals surface area (Å²) in [6.07, 6.45) is 6.08. The molecule has 1 saturated heterocycles. The molecule has 1 unspecified atom stereocenters. The number of thiazole rings is 1. The van der Waals surface area contributed by atoms with Crippen molar-refractivity contribution in [1.82, 2.24) is 9.88 Å². The fourth-order valence-corrected chi connectivity index (χ4v) is 4.10. The summed E-state index contributed by atoms with van der Waals surface area (Å²) < 4.78 is 0. The van der Waals surface area contributed by atoms with Crippen LogP contribution in [0.5, 0.6) is 0 Å². The maximum atomic E-state index is 12.5. The second-order valence-corrected chi connectivity index (χ2v) is 7.07. The molecule has 1 aliphatic carbocycles. The van der Waals surface area contributed by atoms with Gasteiger partial charge in [0.2, 0.25) is 5.91 Å². The number of rotatable bonds is 3. The minimum atomic E-state index is -0.724. The molecule has 1 aromatic rings. The molecule has 1 aromatic heterocycles. The van der Waals surface area contributed by atoms with E-state index in [0.717, 1.165) is 55.8 Å². The lowest BCUT2D eigenvalue weighted by molar-refractivity contribution is -0.144. The van der Waals surface area contributed by atoms with Gasteiger partial charge in [0, 0.05) is 17.6 Å². The van der Waals surface area contributed by atoms with E-state index in [1.54, 1.807) is 11.3 Å². The first kappa shape index (κ1) is 14.0. The number of amides is 1. The van der Waals surface area contributed by atoms with Crippen molar-refractivity contribution in [2.75, 3.05) is 6.54 Å². The predicted octanol–water partition coefficient (Wildman–Crippen LogP) is 2.81. The lowest BCUT2D eigenvalue weighted by Crippen LogP contribution is -2.46. The van der Waals surface area contributed by atoms with Gasteiger partial charge in [-0.3, -0.25) is 4.79 Å². The Labute approximate surface area is 123 Å². The van der Waals surface area contributed by atoms with E-state index in [9.17, 15) is 9.90 Å². The van der Waals surface area contributed by atoms with Crippen LogP contribution in [0.3, 0.4) is 0 Å². The van der Waals surface area contributed by atoms with Crippen LogP contribution in [0.1, 0.15) is 61.7 Å². The van der Waals surface area contributed by atoms with Gasteiger partial charge in [-0.15, -0.1) is 11.3 Å². The van der Waals surface area contributed by atoms with Crippen LogP contribution in [-0.2, 0) is 4.79 Å². The quantitative estimate of drug-likeness (QED) is 0.932. The summed E-state index contributed by atoms with van der Waals surface area (Å²) in [5.41, 5.74) is 0.304. The lowest BCUT2D eigenvalue weighted by atomic mass is 9.77. The molecule has 0 spiro atoms. The van der Waals surface area contributed by atoms with Gasteiger partial charge >= 0.3 is 0 Å². The Bertz CT molecular complexity index is 496. The van der Waals surface area contributed by atoms with Gasteiger partial charge < -0.3 is 10.0 Å². The molecule has 4 nitrogen and oxygen atoms in total. The number of carbonyl (C=O) groups is 1. The highest BCUT2D eigenvalue weighted by atomic mass is 32.1. The molecule has 2 aliphatic rings. The molecule has 1 aliphatic heterocycles. The second-order valence-electron chi connectivity index (χ2n) is 6.18. The first-order chi connectivity index (χ1) is 9.57. The van der Waals surface area contributed by atoms with Gasteiger partial charge in [-0.05, 0) is 45.4 Å². The zero-order chi connectivity index (χ0) is 14.2. The molecule has 5 heteroatoms. The Balaban J connectivity index is 1.73. The zero-order valence-electron chi connectivity index (χ0n) is 12.0. The van der Waals surface area contributed by atoms with Crippen molar-refractivity contribution in [3.8, 4) is 0 Å². The van der Waals surface area contributed by atoms with Crippen molar-refractivity contribution >= 4 is 17.2 Å². The third-order valence-corrected chi connectivity index (χ3v) is 5.57. The number of likely N-dealkylation sites (tertiary alicyclic amines) is 1. The molecule has 1 N–H and O–H groups in total. The number of hydrogen-bond donors (Lipinski definition) is 1. The van der Waals surface area contributed by atoms with E-state index in [4.69, 9.17) is 0 Å². The number of aromatic nitrogens is 1. The fraction of sp³-hybridized carbons (Fsp3) is 0.733. The third kappa shape index (κ3) is 2.74. The normalized spacial score (nSPS) is 25.3. The molecule has 3 rings (SSSR count). The zero-order valence-corrected chi connectivity index (χ0v) is 12.8. The van der Waals surface area contributed by atoms with Crippen molar-refractivity contribution in [3.05, 3.63) is 16.1 Å². The Morgan fingerprint density at radius 2 is 2.30 bits per heavy atom. The van der Waals surface area contributed by atoms with Gasteiger partial charge in [0.15, 0.2) is 0 Å². The van der Waals surface area contributed by atoms with Gasteiger partial charge in [-0.1, -0.05) is 0 Å². The molecule has 110 valence electrons. The molecule has 2 heterocycles. The number of aliphatic hydroxyl groups is 1. The summed E-state index contributed by atoms with van der Waals surface area (Å²) >= 11 is 1.65. The fourth-order valence-electron chi connectivity index (χ4n) is 3.16. The number of piperidine rings is 1. The van der Waals surface area contributed by atoms with Crippen LogP contribution in [0.15, 0.2) is 5.38 Å². The van der Waals surface area contributed by atoms with Crippen molar-refractivity contribution in [2.45, 2.75) is 63.5 Å². The minimum absolute atomic E-state index is 0.102. The Hall–Kier alpha value is -0.940. The summed E-state index contributed by atoms with van der Waals surface area (Å²) in [4.78, 5) is 19.1. The maximum absolute atomic E-state index is 12.5. The van der Waals surface area contributed by atoms with E-state index in [1.807, 2.05) is 17.2 Å². The average molecular weight is 294 g/mol. The molecule has 2 fully saturated rings. The molecule has 1 amide bonds. The van der Waals surface area contributed by atoms with Gasteiger partial charge in [0.25, 0.3) is 0 Å². The largest absolute Gasteiger partial charge is 0.389 e. The highest BCUT2D eigenvalue weighted by Crippen LogP contribution is 2.38. The van der Waals surface area contributed by atoms with Crippen LogP contribution in [0, 0.1) is 6.92 Å². The van der Waals surface area contributed by atoms with Crippen molar-refractivity contribution < 1.29 is 9.90 Å². The molecule has 1 saturated carbocycles.